The Bertz CT molecular complexity index is 1090. The third-order valence-corrected chi connectivity index (χ3v) is 6.67. The summed E-state index contributed by atoms with van der Waals surface area (Å²) in [6.07, 6.45) is 11.7. The fourth-order valence-electron chi connectivity index (χ4n) is 4.93. The van der Waals surface area contributed by atoms with Crippen LogP contribution in [0.15, 0.2) is 49.1 Å². The lowest BCUT2D eigenvalue weighted by Gasteiger charge is -2.42. The maximum absolute atomic E-state index is 9.93. The molecule has 158 valence electrons. The van der Waals surface area contributed by atoms with Crippen LogP contribution in [0.3, 0.4) is 0 Å². The van der Waals surface area contributed by atoms with Crippen LogP contribution in [0.25, 0.3) is 12.2 Å². The van der Waals surface area contributed by atoms with Crippen LogP contribution in [-0.4, -0.2) is 38.1 Å². The first-order valence-corrected chi connectivity index (χ1v) is 10.7. The van der Waals surface area contributed by atoms with Gasteiger partial charge in [0.15, 0.2) is 5.82 Å². The molecule has 5 rings (SSSR count). The number of aliphatic hydroxyl groups is 1. The molecular formula is C24H26N6O. The maximum Gasteiger partial charge on any atom is 0.152 e. The molecule has 31 heavy (non-hydrogen) atoms. The van der Waals surface area contributed by atoms with Gasteiger partial charge in [-0.2, -0.15) is 0 Å². The van der Waals surface area contributed by atoms with Crippen molar-refractivity contribution in [1.82, 2.24) is 19.9 Å². The molecule has 0 saturated carbocycles. The molecule has 1 fully saturated rings. The number of hydrogen-bond acceptors (Lipinski definition) is 7. The lowest BCUT2D eigenvalue weighted by atomic mass is 9.73. The minimum Gasteiger partial charge on any atom is -0.390 e. The Hall–Kier alpha value is -3.16. The van der Waals surface area contributed by atoms with E-state index in [1.54, 1.807) is 12.4 Å². The lowest BCUT2D eigenvalue weighted by Crippen LogP contribution is -2.45. The van der Waals surface area contributed by atoms with Crippen molar-refractivity contribution < 1.29 is 5.11 Å². The molecule has 2 aromatic heterocycles. The van der Waals surface area contributed by atoms with Gasteiger partial charge in [-0.05, 0) is 54.0 Å². The van der Waals surface area contributed by atoms with Crippen LogP contribution in [0.2, 0.25) is 0 Å². The molecule has 1 aromatic carbocycles. The second-order valence-corrected chi connectivity index (χ2v) is 8.39. The molecule has 1 aliphatic heterocycles. The highest BCUT2D eigenvalue weighted by Crippen LogP contribution is 2.50. The third kappa shape index (κ3) is 3.71. The van der Waals surface area contributed by atoms with Crippen LogP contribution in [0.5, 0.6) is 0 Å². The van der Waals surface area contributed by atoms with Crippen LogP contribution in [0.4, 0.5) is 5.82 Å². The van der Waals surface area contributed by atoms with E-state index >= 15 is 0 Å². The monoisotopic (exact) mass is 414 g/mol. The van der Waals surface area contributed by atoms with Crippen molar-refractivity contribution in [1.29, 1.82) is 0 Å². The average molecular weight is 415 g/mol. The zero-order chi connectivity index (χ0) is 21.3. The Morgan fingerprint density at radius 1 is 1.10 bits per heavy atom. The quantitative estimate of drug-likeness (QED) is 0.677. The van der Waals surface area contributed by atoms with Gasteiger partial charge in [0.25, 0.3) is 0 Å². The van der Waals surface area contributed by atoms with E-state index in [2.05, 4.69) is 49.1 Å². The van der Waals surface area contributed by atoms with Gasteiger partial charge in [0, 0.05) is 25.3 Å². The number of fused-ring (bicyclic) bond motifs is 1. The van der Waals surface area contributed by atoms with Crippen molar-refractivity contribution in [3.05, 3.63) is 77.3 Å². The van der Waals surface area contributed by atoms with E-state index in [4.69, 9.17) is 5.73 Å². The number of rotatable bonds is 4. The molecule has 0 amide bonds. The molecule has 1 aliphatic carbocycles. The molecule has 0 bridgehead atoms. The second-order valence-electron chi connectivity index (χ2n) is 8.39. The first-order valence-electron chi connectivity index (χ1n) is 10.7. The van der Waals surface area contributed by atoms with E-state index in [0.717, 1.165) is 43.9 Å². The summed E-state index contributed by atoms with van der Waals surface area (Å²) >= 11 is 0. The summed E-state index contributed by atoms with van der Waals surface area (Å²) in [4.78, 5) is 19.6. The van der Waals surface area contributed by atoms with E-state index < -0.39 is 0 Å². The number of aliphatic hydroxyl groups excluding tert-OH is 1. The minimum atomic E-state index is -0.149. The van der Waals surface area contributed by atoms with Gasteiger partial charge >= 0.3 is 0 Å². The van der Waals surface area contributed by atoms with Crippen molar-refractivity contribution >= 4 is 18.0 Å². The summed E-state index contributed by atoms with van der Waals surface area (Å²) in [6, 6.07) is 10.5. The van der Waals surface area contributed by atoms with Crippen molar-refractivity contribution in [2.75, 3.05) is 18.0 Å². The Balaban J connectivity index is 1.31. The first kappa shape index (κ1) is 19.8. The Labute approximate surface area is 181 Å². The van der Waals surface area contributed by atoms with Crippen molar-refractivity contribution in [3.63, 3.8) is 0 Å². The van der Waals surface area contributed by atoms with Crippen LogP contribution < -0.4 is 10.6 Å². The third-order valence-electron chi connectivity index (χ3n) is 6.67. The summed E-state index contributed by atoms with van der Waals surface area (Å²) < 4.78 is 0. The van der Waals surface area contributed by atoms with Crippen LogP contribution in [-0.2, 0) is 13.0 Å². The molecule has 1 unspecified atom stereocenters. The fourth-order valence-corrected chi connectivity index (χ4v) is 4.93. The zero-order valence-corrected chi connectivity index (χ0v) is 17.4. The van der Waals surface area contributed by atoms with E-state index in [-0.39, 0.29) is 18.1 Å². The summed E-state index contributed by atoms with van der Waals surface area (Å²) in [6.45, 7) is 1.57. The first-order chi connectivity index (χ1) is 15.2. The molecular weight excluding hydrogens is 388 g/mol. The fraction of sp³-hybridized carbons (Fsp3) is 0.333. The van der Waals surface area contributed by atoms with Crippen molar-refractivity contribution in [3.8, 4) is 0 Å². The predicted octanol–water partition coefficient (Wildman–Crippen LogP) is 2.77. The summed E-state index contributed by atoms with van der Waals surface area (Å²) in [7, 11) is 0. The number of benzene rings is 1. The van der Waals surface area contributed by atoms with Gasteiger partial charge in [-0.25, -0.2) is 19.9 Å². The average Bonchev–Trinajstić information content (AvgIpc) is 3.10. The molecule has 0 radical (unpaired) electrons. The van der Waals surface area contributed by atoms with E-state index in [1.807, 2.05) is 18.2 Å². The molecule has 2 aliphatic rings. The molecule has 1 spiro atoms. The van der Waals surface area contributed by atoms with Crippen LogP contribution >= 0.6 is 0 Å². The molecule has 3 heterocycles. The molecule has 7 heteroatoms. The molecule has 1 atom stereocenters. The van der Waals surface area contributed by atoms with E-state index in [1.165, 1.54) is 17.5 Å². The summed E-state index contributed by atoms with van der Waals surface area (Å²) in [5, 5.41) is 9.93. The normalized spacial score (nSPS) is 19.8. The maximum atomic E-state index is 9.93. The SMILES string of the molecule is NC1c2ccccc2CC12CCN(c1ncc(C=Cc3ccncn3)nc1CO)CC2. The van der Waals surface area contributed by atoms with Gasteiger partial charge in [-0.1, -0.05) is 24.3 Å². The van der Waals surface area contributed by atoms with Crippen molar-refractivity contribution in [2.45, 2.75) is 31.9 Å². The Morgan fingerprint density at radius 2 is 1.90 bits per heavy atom. The number of nitrogens with two attached hydrogens (primary N) is 1. The molecule has 7 nitrogen and oxygen atoms in total. The van der Waals surface area contributed by atoms with Gasteiger partial charge in [0.05, 0.1) is 24.2 Å². The second kappa shape index (κ2) is 8.17. The standard InChI is InChI=1S/C24H26N6O/c25-22-20-4-2-1-3-17(20)13-24(22)8-11-30(12-9-24)23-21(15-31)29-19(14-27-23)6-5-18-7-10-26-16-28-18/h1-7,10,14,16,22,31H,8-9,11-13,15,25H2. The highest BCUT2D eigenvalue weighted by atomic mass is 16.3. The smallest absolute Gasteiger partial charge is 0.152 e. The largest absolute Gasteiger partial charge is 0.390 e. The van der Waals surface area contributed by atoms with Gasteiger partial charge in [-0.3, -0.25) is 0 Å². The van der Waals surface area contributed by atoms with Crippen LogP contribution in [0.1, 0.15) is 47.1 Å². The zero-order valence-electron chi connectivity index (χ0n) is 17.4. The number of hydrogen-bond donors (Lipinski definition) is 2. The number of anilines is 1. The van der Waals surface area contributed by atoms with E-state index in [9.17, 15) is 5.11 Å². The molecule has 3 N–H and O–H groups in total. The van der Waals surface area contributed by atoms with Crippen LogP contribution in [0, 0.1) is 5.41 Å². The topological polar surface area (TPSA) is 101 Å². The predicted molar refractivity (Wildman–Crippen MR) is 120 cm³/mol. The number of piperidine rings is 1. The summed E-state index contributed by atoms with van der Waals surface area (Å²) in [5.41, 5.74) is 11.6. The minimum absolute atomic E-state index is 0.0866. The van der Waals surface area contributed by atoms with Gasteiger partial charge < -0.3 is 15.7 Å². The Morgan fingerprint density at radius 3 is 2.65 bits per heavy atom. The summed E-state index contributed by atoms with van der Waals surface area (Å²) in [5.74, 6) is 0.764. The van der Waals surface area contributed by atoms with E-state index in [0.29, 0.717) is 11.4 Å². The van der Waals surface area contributed by atoms with Gasteiger partial charge in [0.1, 0.15) is 12.0 Å². The number of aromatic nitrogens is 4. The highest BCUT2D eigenvalue weighted by Gasteiger charge is 2.46. The van der Waals surface area contributed by atoms with Crippen molar-refractivity contribution in [2.24, 2.45) is 11.1 Å². The Kier molecular flexibility index (Phi) is 5.21. The molecule has 1 saturated heterocycles. The van der Waals surface area contributed by atoms with Gasteiger partial charge in [-0.15, -0.1) is 0 Å². The molecule has 3 aromatic rings. The van der Waals surface area contributed by atoms with Gasteiger partial charge in [0.2, 0.25) is 0 Å². The number of nitrogens with zero attached hydrogens (tertiary/aromatic N) is 5. The highest BCUT2D eigenvalue weighted by molar-refractivity contribution is 5.66. The lowest BCUT2D eigenvalue weighted by molar-refractivity contribution is 0.186.